The number of urea groups is 1. The summed E-state index contributed by atoms with van der Waals surface area (Å²) in [7, 11) is 0. The lowest BCUT2D eigenvalue weighted by Crippen LogP contribution is -2.67. The number of fused-ring (bicyclic) bond motifs is 3. The second kappa shape index (κ2) is 18.4. The normalized spacial score (nSPS) is 19.5. The van der Waals surface area contributed by atoms with Crippen LogP contribution in [-0.4, -0.2) is 66.2 Å². The molecular formula is C42H55F3N6O5. The highest BCUT2D eigenvalue weighted by Crippen LogP contribution is 2.40. The highest BCUT2D eigenvalue weighted by atomic mass is 19.3. The van der Waals surface area contributed by atoms with Crippen LogP contribution in [0.3, 0.4) is 0 Å². The minimum atomic E-state index is -3.33. The first-order valence-corrected chi connectivity index (χ1v) is 19.6. The molecule has 2 aliphatic rings. The Hall–Kier alpha value is -4.85. The summed E-state index contributed by atoms with van der Waals surface area (Å²) < 4.78 is 50.0. The predicted molar refractivity (Wildman–Crippen MR) is 208 cm³/mol. The second-order valence-corrected chi connectivity index (χ2v) is 15.3. The van der Waals surface area contributed by atoms with Crippen molar-refractivity contribution in [2.24, 2.45) is 17.8 Å². The van der Waals surface area contributed by atoms with Gasteiger partial charge in [0.2, 0.25) is 17.7 Å². The van der Waals surface area contributed by atoms with E-state index in [-0.39, 0.29) is 60.1 Å². The van der Waals surface area contributed by atoms with E-state index in [2.05, 4.69) is 38.1 Å². The molecule has 304 valence electrons. The lowest BCUT2D eigenvalue weighted by molar-refractivity contribution is -0.137. The van der Waals surface area contributed by atoms with Gasteiger partial charge in [0.05, 0.1) is 11.9 Å². The molecule has 2 unspecified atom stereocenters. The number of hydrogen-bond acceptors (Lipinski definition) is 5. The molecule has 2 aromatic carbocycles. The first-order valence-electron chi connectivity index (χ1n) is 19.6. The number of para-hydroxylation sites is 1. The monoisotopic (exact) mass is 780 g/mol. The predicted octanol–water partition coefficient (Wildman–Crippen LogP) is 5.92. The van der Waals surface area contributed by atoms with Crippen molar-refractivity contribution in [2.75, 3.05) is 19.8 Å². The van der Waals surface area contributed by atoms with Gasteiger partial charge in [-0.3, -0.25) is 14.4 Å². The summed E-state index contributed by atoms with van der Waals surface area (Å²) >= 11 is 0. The lowest BCUT2D eigenvalue weighted by atomic mass is 9.78. The molecular weight excluding hydrogens is 725 g/mol. The van der Waals surface area contributed by atoms with E-state index in [1.54, 1.807) is 19.1 Å². The molecule has 1 fully saturated rings. The molecule has 1 aliphatic carbocycles. The molecule has 1 aliphatic heterocycles. The van der Waals surface area contributed by atoms with Gasteiger partial charge in [-0.05, 0) is 73.1 Å². The van der Waals surface area contributed by atoms with E-state index in [9.17, 15) is 23.6 Å². The van der Waals surface area contributed by atoms with Crippen molar-refractivity contribution in [3.8, 4) is 0 Å². The Labute approximate surface area is 326 Å². The maximum Gasteiger partial charge on any atom is 0.316 e. The van der Waals surface area contributed by atoms with Crippen LogP contribution in [0.25, 0.3) is 10.9 Å². The van der Waals surface area contributed by atoms with Crippen molar-refractivity contribution in [1.82, 2.24) is 31.6 Å². The quantitative estimate of drug-likeness (QED) is 0.0788. The molecule has 5 atom stereocenters. The number of aromatic nitrogens is 1. The van der Waals surface area contributed by atoms with E-state index in [1.807, 2.05) is 20.8 Å². The van der Waals surface area contributed by atoms with Crippen LogP contribution in [0.2, 0.25) is 0 Å². The molecule has 14 heteroatoms. The number of allylic oxidation sites excluding steroid dienone is 1. The highest BCUT2D eigenvalue weighted by Gasteiger charge is 2.47. The zero-order valence-corrected chi connectivity index (χ0v) is 32.7. The zero-order valence-electron chi connectivity index (χ0n) is 32.7. The number of aryl methyl sites for hydroxylation is 1. The van der Waals surface area contributed by atoms with Gasteiger partial charge in [-0.25, -0.2) is 9.18 Å². The fourth-order valence-corrected chi connectivity index (χ4v) is 7.49. The Kier molecular flexibility index (Phi) is 13.9. The Morgan fingerprint density at radius 2 is 1.71 bits per heavy atom. The van der Waals surface area contributed by atoms with E-state index < -0.39 is 53.2 Å². The van der Waals surface area contributed by atoms with E-state index >= 15 is 8.78 Å². The number of halogens is 3. The van der Waals surface area contributed by atoms with Gasteiger partial charge in [-0.2, -0.15) is 8.78 Å². The molecule has 11 nitrogen and oxygen atoms in total. The average Bonchev–Trinajstić information content (AvgIpc) is 3.57. The molecule has 0 bridgehead atoms. The Balaban J connectivity index is 1.46. The molecule has 56 heavy (non-hydrogen) atoms. The van der Waals surface area contributed by atoms with Gasteiger partial charge in [0.1, 0.15) is 23.6 Å². The first-order chi connectivity index (χ1) is 26.7. The summed E-state index contributed by atoms with van der Waals surface area (Å²) in [6.07, 6.45) is 2.44. The van der Waals surface area contributed by atoms with E-state index in [4.69, 9.17) is 4.74 Å². The third-order valence-corrected chi connectivity index (χ3v) is 11.5. The number of alkyl halides is 2. The van der Waals surface area contributed by atoms with Crippen LogP contribution in [0.1, 0.15) is 82.2 Å². The number of rotatable bonds is 16. The second-order valence-electron chi connectivity index (χ2n) is 15.3. The van der Waals surface area contributed by atoms with Gasteiger partial charge in [-0.1, -0.05) is 77.1 Å². The molecule has 6 N–H and O–H groups in total. The smallest absolute Gasteiger partial charge is 0.316 e. The van der Waals surface area contributed by atoms with Gasteiger partial charge in [0.15, 0.2) is 0 Å². The van der Waals surface area contributed by atoms with Crippen molar-refractivity contribution in [1.29, 1.82) is 0 Å². The third-order valence-electron chi connectivity index (χ3n) is 11.5. The van der Waals surface area contributed by atoms with Crippen LogP contribution >= 0.6 is 0 Å². The average molecular weight is 781 g/mol. The summed E-state index contributed by atoms with van der Waals surface area (Å²) in [6, 6.07) is 8.88. The standard InChI is InChI=1S/C42H55F3N6O5/c1-6-25(4)35(48-34(52)22-28-12-9-10-15-32(28)43)38(53)51-41(19-16-33-30(23-41)29-13-11-14-31(36(29)47-33)42(44,45)8-3)39(54)49-37(26(5)7-2)50-40(55)46-24-27-17-20-56-21-18-27/h8-15,25-27,35,37,47H,3,6-7,16-24H2,1-2,4-5H3,(H,48,52)(H,49,54)(H,51,53)(H2,46,50,55)/t25?,26?,35-,37+,41+/m0/s1. The number of carbonyl (C=O) groups excluding carboxylic acids is 4. The number of benzene rings is 2. The van der Waals surface area contributed by atoms with Gasteiger partial charge in [0.25, 0.3) is 5.92 Å². The van der Waals surface area contributed by atoms with Crippen molar-refractivity contribution >= 4 is 34.7 Å². The van der Waals surface area contributed by atoms with Crippen LogP contribution in [0.5, 0.6) is 0 Å². The number of amides is 5. The minimum Gasteiger partial charge on any atom is -0.381 e. The van der Waals surface area contributed by atoms with Crippen LogP contribution in [0, 0.1) is 23.6 Å². The van der Waals surface area contributed by atoms with Crippen LogP contribution in [0.4, 0.5) is 18.0 Å². The number of hydrogen-bond donors (Lipinski definition) is 6. The Bertz CT molecular complexity index is 1900. The van der Waals surface area contributed by atoms with Gasteiger partial charge in [-0.15, -0.1) is 0 Å². The molecule has 5 amide bonds. The fraction of sp³-hybridized carbons (Fsp3) is 0.524. The number of H-pyrrole nitrogens is 1. The number of ether oxygens (including phenoxy) is 1. The van der Waals surface area contributed by atoms with E-state index in [0.717, 1.165) is 12.8 Å². The number of nitrogens with one attached hydrogen (secondary N) is 6. The fourth-order valence-electron chi connectivity index (χ4n) is 7.49. The van der Waals surface area contributed by atoms with Gasteiger partial charge in [0, 0.05) is 42.8 Å². The number of carbonyl (C=O) groups is 4. The molecule has 3 aromatic rings. The maximum atomic E-state index is 15.1. The van der Waals surface area contributed by atoms with E-state index in [1.165, 1.54) is 30.3 Å². The topological polar surface area (TPSA) is 153 Å². The summed E-state index contributed by atoms with van der Waals surface area (Å²) in [6.45, 7) is 12.5. The van der Waals surface area contributed by atoms with Gasteiger partial charge < -0.3 is 36.3 Å². The van der Waals surface area contributed by atoms with Crippen molar-refractivity contribution in [3.63, 3.8) is 0 Å². The van der Waals surface area contributed by atoms with Crippen LogP contribution in [0.15, 0.2) is 55.1 Å². The zero-order chi connectivity index (χ0) is 40.6. The largest absolute Gasteiger partial charge is 0.381 e. The van der Waals surface area contributed by atoms with Crippen LogP contribution in [-0.2, 0) is 44.3 Å². The lowest BCUT2D eigenvalue weighted by Gasteiger charge is -2.40. The van der Waals surface area contributed by atoms with Crippen molar-refractivity contribution in [2.45, 2.75) is 103 Å². The summed E-state index contributed by atoms with van der Waals surface area (Å²) in [5.74, 6) is -5.98. The maximum absolute atomic E-state index is 15.1. The molecule has 5 rings (SSSR count). The van der Waals surface area contributed by atoms with Crippen molar-refractivity contribution in [3.05, 3.63) is 83.3 Å². The molecule has 2 heterocycles. The minimum absolute atomic E-state index is 0.0669. The van der Waals surface area contributed by atoms with E-state index in [0.29, 0.717) is 55.3 Å². The first kappa shape index (κ1) is 42.3. The third kappa shape index (κ3) is 9.74. The molecule has 1 aromatic heterocycles. The SMILES string of the molecule is C=CC(F)(F)c1cccc2c3c([nH]c12)CC[C@](NC(=O)[C@@H](NC(=O)Cc1ccccc1F)C(C)CC)(C(=O)N[C@H](NC(=O)NCC1CCOCC1)C(C)CC)C3. The highest BCUT2D eigenvalue weighted by molar-refractivity contribution is 5.97. The summed E-state index contributed by atoms with van der Waals surface area (Å²) in [5, 5.41) is 15.1. The Morgan fingerprint density at radius 3 is 2.39 bits per heavy atom. The molecule has 0 saturated carbocycles. The molecule has 0 radical (unpaired) electrons. The van der Waals surface area contributed by atoms with Gasteiger partial charge >= 0.3 is 6.03 Å². The Morgan fingerprint density at radius 1 is 1.00 bits per heavy atom. The molecule has 1 saturated heterocycles. The van der Waals surface area contributed by atoms with Crippen molar-refractivity contribution < 1.29 is 37.1 Å². The summed E-state index contributed by atoms with van der Waals surface area (Å²) in [5.41, 5.74) is -0.251. The molecule has 0 spiro atoms. The number of aromatic amines is 1. The van der Waals surface area contributed by atoms with Crippen LogP contribution < -0.4 is 26.6 Å². The summed E-state index contributed by atoms with van der Waals surface area (Å²) in [4.78, 5) is 58.8.